The van der Waals surface area contributed by atoms with Gasteiger partial charge in [0.1, 0.15) is 0 Å². The summed E-state index contributed by atoms with van der Waals surface area (Å²) < 4.78 is 22.5. The number of thioether (sulfide) groups is 1. The Morgan fingerprint density at radius 3 is 2.96 bits per heavy atom. The maximum Gasteiger partial charge on any atom is 0.232 e. The number of rotatable bonds is 3. The number of aliphatic imine (C=N–C) groups is 1. The second-order valence-electron chi connectivity index (χ2n) is 5.85. The molecule has 1 fully saturated rings. The number of hydrogen-bond donors (Lipinski definition) is 0. The predicted octanol–water partition coefficient (Wildman–Crippen LogP) is 1.89. The third kappa shape index (κ3) is 2.83. The summed E-state index contributed by atoms with van der Waals surface area (Å²) in [6.45, 7) is 2.04. The van der Waals surface area contributed by atoms with Gasteiger partial charge in [0.25, 0.3) is 0 Å². The first-order valence-corrected chi connectivity index (χ1v) is 10.6. The van der Waals surface area contributed by atoms with Crippen LogP contribution in [0.5, 0.6) is 0 Å². The first-order chi connectivity index (χ1) is 10.9. The Labute approximate surface area is 142 Å². The van der Waals surface area contributed by atoms with E-state index in [4.69, 9.17) is 10.7 Å². The van der Waals surface area contributed by atoms with Crippen LogP contribution < -0.4 is 9.80 Å². The van der Waals surface area contributed by atoms with Crippen molar-refractivity contribution >= 4 is 53.9 Å². The van der Waals surface area contributed by atoms with Gasteiger partial charge >= 0.3 is 0 Å². The molecule has 0 aromatic heterocycles. The Balaban J connectivity index is 1.59. The molecule has 23 heavy (non-hydrogen) atoms. The Hall–Kier alpha value is -1.25. The number of benzene rings is 1. The molecule has 1 aromatic rings. The number of carbonyl (C=O) groups is 1. The Morgan fingerprint density at radius 1 is 1.35 bits per heavy atom. The topological polar surface area (TPSA) is 70.1 Å². The molecule has 122 valence electrons. The summed E-state index contributed by atoms with van der Waals surface area (Å²) in [5, 5.41) is 1.01. The molecule has 6 nitrogen and oxygen atoms in total. The third-order valence-electron chi connectivity index (χ3n) is 4.19. The maximum atomic E-state index is 12.2. The van der Waals surface area contributed by atoms with Crippen molar-refractivity contribution < 1.29 is 13.2 Å². The van der Waals surface area contributed by atoms with Crippen LogP contribution in [0.1, 0.15) is 6.42 Å². The summed E-state index contributed by atoms with van der Waals surface area (Å²) in [4.78, 5) is 21.6. The lowest BCUT2D eigenvalue weighted by molar-refractivity contribution is -0.117. The Bertz CT molecular complexity index is 825. The lowest BCUT2D eigenvalue weighted by Crippen LogP contribution is -2.26. The van der Waals surface area contributed by atoms with Crippen molar-refractivity contribution in [2.24, 2.45) is 10.9 Å². The molecule has 1 saturated heterocycles. The van der Waals surface area contributed by atoms with E-state index in [1.165, 1.54) is 0 Å². The summed E-state index contributed by atoms with van der Waals surface area (Å²) >= 11 is 1.64. The highest BCUT2D eigenvalue weighted by Crippen LogP contribution is 2.44. The zero-order valence-electron chi connectivity index (χ0n) is 12.1. The van der Waals surface area contributed by atoms with Crippen LogP contribution in [0.4, 0.5) is 11.4 Å². The number of amides is 1. The van der Waals surface area contributed by atoms with E-state index >= 15 is 0 Å². The van der Waals surface area contributed by atoms with Crippen LogP contribution in [0.25, 0.3) is 0 Å². The summed E-state index contributed by atoms with van der Waals surface area (Å²) in [5.41, 5.74) is 1.88. The minimum absolute atomic E-state index is 0.0590. The standard InChI is InChI=1S/C14H14ClN3O3S2/c15-23(20,21)8-9-5-13(19)18(7-9)10-1-2-12-11(6-10)17-4-3-16-14(17)22-12/h1-2,6,9H,3-5,7-8H2. The highest BCUT2D eigenvalue weighted by Gasteiger charge is 2.35. The van der Waals surface area contributed by atoms with E-state index in [1.54, 1.807) is 16.7 Å². The largest absolute Gasteiger partial charge is 0.318 e. The van der Waals surface area contributed by atoms with Gasteiger partial charge in [-0.2, -0.15) is 0 Å². The molecule has 0 bridgehead atoms. The van der Waals surface area contributed by atoms with Crippen molar-refractivity contribution in [3.8, 4) is 0 Å². The molecule has 9 heteroatoms. The van der Waals surface area contributed by atoms with Gasteiger partial charge in [0, 0.05) is 46.7 Å². The van der Waals surface area contributed by atoms with Gasteiger partial charge in [-0.1, -0.05) is 0 Å². The van der Waals surface area contributed by atoms with Crippen LogP contribution in [0.2, 0.25) is 0 Å². The normalized spacial score (nSPS) is 23.3. The van der Waals surface area contributed by atoms with Crippen LogP contribution in [0.3, 0.4) is 0 Å². The molecule has 1 amide bonds. The summed E-state index contributed by atoms with van der Waals surface area (Å²) in [6, 6.07) is 5.89. The first-order valence-electron chi connectivity index (χ1n) is 7.27. The van der Waals surface area contributed by atoms with Crippen LogP contribution in [0.15, 0.2) is 28.1 Å². The zero-order valence-corrected chi connectivity index (χ0v) is 14.5. The molecule has 4 rings (SSSR count). The van der Waals surface area contributed by atoms with E-state index in [2.05, 4.69) is 9.89 Å². The molecule has 0 N–H and O–H groups in total. The maximum absolute atomic E-state index is 12.2. The highest BCUT2D eigenvalue weighted by molar-refractivity contribution is 8.14. The molecule has 0 aliphatic carbocycles. The van der Waals surface area contributed by atoms with Crippen molar-refractivity contribution in [2.45, 2.75) is 11.3 Å². The summed E-state index contributed by atoms with van der Waals surface area (Å²) in [5.74, 6) is -0.478. The second kappa shape index (κ2) is 5.39. The van der Waals surface area contributed by atoms with Crippen LogP contribution in [-0.2, 0) is 13.8 Å². The van der Waals surface area contributed by atoms with Crippen LogP contribution in [-0.4, -0.2) is 44.9 Å². The molecular formula is C14H14ClN3O3S2. The highest BCUT2D eigenvalue weighted by atomic mass is 35.7. The average molecular weight is 372 g/mol. The van der Waals surface area contributed by atoms with E-state index in [0.29, 0.717) is 6.54 Å². The molecule has 0 spiro atoms. The van der Waals surface area contributed by atoms with Crippen molar-refractivity contribution in [3.63, 3.8) is 0 Å². The summed E-state index contributed by atoms with van der Waals surface area (Å²) in [6.07, 6.45) is 0.216. The van der Waals surface area contributed by atoms with Gasteiger partial charge in [-0.25, -0.2) is 8.42 Å². The van der Waals surface area contributed by atoms with E-state index in [-0.39, 0.29) is 24.0 Å². The molecule has 1 aromatic carbocycles. The van der Waals surface area contributed by atoms with Crippen molar-refractivity contribution in [2.75, 3.05) is 35.2 Å². The molecule has 3 aliphatic heterocycles. The van der Waals surface area contributed by atoms with E-state index < -0.39 is 9.05 Å². The van der Waals surface area contributed by atoms with E-state index in [1.807, 2.05) is 18.2 Å². The SMILES string of the molecule is O=C1CC(CS(=O)(=O)Cl)CN1c1ccc2c(c1)N1CCN=C1S2. The van der Waals surface area contributed by atoms with Gasteiger partial charge in [0.15, 0.2) is 5.17 Å². The van der Waals surface area contributed by atoms with Gasteiger partial charge in [-0.3, -0.25) is 9.79 Å². The molecule has 0 saturated carbocycles. The molecule has 1 atom stereocenters. The predicted molar refractivity (Wildman–Crippen MR) is 92.0 cm³/mol. The quantitative estimate of drug-likeness (QED) is 0.759. The molecule has 0 radical (unpaired) electrons. The lowest BCUT2D eigenvalue weighted by atomic mass is 10.1. The number of carbonyl (C=O) groups excluding carboxylic acids is 1. The molecule has 3 aliphatic rings. The van der Waals surface area contributed by atoms with Crippen LogP contribution >= 0.6 is 22.4 Å². The fraction of sp³-hybridized carbons (Fsp3) is 0.429. The minimum atomic E-state index is -3.59. The fourth-order valence-electron chi connectivity index (χ4n) is 3.23. The molecule has 1 unspecified atom stereocenters. The molecule has 3 heterocycles. The van der Waals surface area contributed by atoms with Crippen molar-refractivity contribution in [1.29, 1.82) is 0 Å². The number of fused-ring (bicyclic) bond motifs is 3. The first kappa shape index (κ1) is 15.3. The van der Waals surface area contributed by atoms with Gasteiger partial charge in [-0.05, 0) is 30.0 Å². The number of halogens is 1. The lowest BCUT2D eigenvalue weighted by Gasteiger charge is -2.19. The summed E-state index contributed by atoms with van der Waals surface area (Å²) in [7, 11) is 1.72. The van der Waals surface area contributed by atoms with Gasteiger partial charge in [0.2, 0.25) is 15.0 Å². The van der Waals surface area contributed by atoms with Crippen molar-refractivity contribution in [1.82, 2.24) is 0 Å². The second-order valence-corrected chi connectivity index (χ2v) is 9.68. The zero-order chi connectivity index (χ0) is 16.2. The Kier molecular flexibility index (Phi) is 3.58. The van der Waals surface area contributed by atoms with Gasteiger partial charge in [0.05, 0.1) is 18.0 Å². The van der Waals surface area contributed by atoms with Gasteiger partial charge < -0.3 is 9.80 Å². The number of hydrogen-bond acceptors (Lipinski definition) is 6. The third-order valence-corrected chi connectivity index (χ3v) is 6.53. The monoisotopic (exact) mass is 371 g/mol. The number of nitrogens with zero attached hydrogens (tertiary/aromatic N) is 3. The number of amidine groups is 1. The number of anilines is 2. The van der Waals surface area contributed by atoms with E-state index in [0.717, 1.165) is 34.5 Å². The molecular weight excluding hydrogens is 358 g/mol. The minimum Gasteiger partial charge on any atom is -0.318 e. The van der Waals surface area contributed by atoms with Crippen molar-refractivity contribution in [3.05, 3.63) is 18.2 Å². The van der Waals surface area contributed by atoms with E-state index in [9.17, 15) is 13.2 Å². The van der Waals surface area contributed by atoms with Crippen LogP contribution in [0, 0.1) is 5.92 Å². The fourth-order valence-corrected chi connectivity index (χ4v) is 5.61. The average Bonchev–Trinajstić information content (AvgIpc) is 3.11. The smallest absolute Gasteiger partial charge is 0.232 e. The Morgan fingerprint density at radius 2 is 2.17 bits per heavy atom. The van der Waals surface area contributed by atoms with Gasteiger partial charge in [-0.15, -0.1) is 0 Å².